The summed E-state index contributed by atoms with van der Waals surface area (Å²) in [7, 11) is -0.496. The van der Waals surface area contributed by atoms with E-state index in [1.165, 1.54) is 23.9 Å². The van der Waals surface area contributed by atoms with Crippen molar-refractivity contribution in [2.24, 2.45) is 0 Å². The number of nitrogens with one attached hydrogen (secondary N) is 1. The third-order valence-corrected chi connectivity index (χ3v) is 7.33. The highest BCUT2D eigenvalue weighted by Gasteiger charge is 2.25. The second-order valence-corrected chi connectivity index (χ2v) is 11.1. The van der Waals surface area contributed by atoms with Crippen molar-refractivity contribution in [1.29, 1.82) is 0 Å². The summed E-state index contributed by atoms with van der Waals surface area (Å²) in [6, 6.07) is 11.5. The van der Waals surface area contributed by atoms with Gasteiger partial charge in [-0.2, -0.15) is 4.63 Å². The molecule has 2 aromatic carbocycles. The summed E-state index contributed by atoms with van der Waals surface area (Å²) in [6.07, 6.45) is 0. The highest BCUT2D eigenvalue weighted by molar-refractivity contribution is 7.90. The second-order valence-electron chi connectivity index (χ2n) is 8.69. The van der Waals surface area contributed by atoms with Crippen molar-refractivity contribution >= 4 is 27.1 Å². The molecule has 2 heterocycles. The van der Waals surface area contributed by atoms with E-state index in [2.05, 4.69) is 15.2 Å². The van der Waals surface area contributed by atoms with E-state index in [-0.39, 0.29) is 16.1 Å². The zero-order valence-corrected chi connectivity index (χ0v) is 20.6. The third kappa shape index (κ3) is 4.43. The molecule has 0 fully saturated rings. The summed E-state index contributed by atoms with van der Waals surface area (Å²) < 4.78 is 38.0. The number of benzene rings is 2. The minimum atomic E-state index is -3.57. The zero-order valence-electron chi connectivity index (χ0n) is 19.0. The Balaban J connectivity index is 1.71. The summed E-state index contributed by atoms with van der Waals surface area (Å²) in [6.45, 7) is 6.13. The molecule has 0 saturated heterocycles. The van der Waals surface area contributed by atoms with Crippen molar-refractivity contribution in [2.45, 2.75) is 36.8 Å². The number of aromatic amines is 1. The van der Waals surface area contributed by atoms with Gasteiger partial charge in [-0.1, -0.05) is 38.4 Å². The quantitative estimate of drug-likeness (QED) is 0.423. The van der Waals surface area contributed by atoms with Gasteiger partial charge in [-0.3, -0.25) is 5.10 Å². The Labute approximate surface area is 197 Å². The minimum Gasteiger partial charge on any atom is -0.497 e. The maximum Gasteiger partial charge on any atom is 0.194 e. The van der Waals surface area contributed by atoms with Crippen molar-refractivity contribution < 1.29 is 17.9 Å². The van der Waals surface area contributed by atoms with Crippen LogP contribution in [-0.4, -0.2) is 42.4 Å². The van der Waals surface area contributed by atoms with Gasteiger partial charge in [-0.05, 0) is 42.0 Å². The van der Waals surface area contributed by atoms with Crippen molar-refractivity contribution in [2.75, 3.05) is 14.2 Å². The van der Waals surface area contributed by atoms with Gasteiger partial charge in [0, 0.05) is 5.41 Å². The number of methoxy groups -OCH3 is 2. The molecule has 0 atom stereocenters. The van der Waals surface area contributed by atoms with Crippen LogP contribution in [-0.2, 0) is 21.0 Å². The molecule has 0 radical (unpaired) electrons. The van der Waals surface area contributed by atoms with Gasteiger partial charge >= 0.3 is 0 Å². The van der Waals surface area contributed by atoms with Gasteiger partial charge in [0.25, 0.3) is 0 Å². The molecule has 0 saturated carbocycles. The number of hydrogen-bond donors (Lipinski definition) is 1. The molecule has 4 rings (SSSR count). The van der Waals surface area contributed by atoms with E-state index in [0.29, 0.717) is 39.1 Å². The van der Waals surface area contributed by atoms with Crippen LogP contribution >= 0.6 is 11.6 Å². The van der Waals surface area contributed by atoms with E-state index in [9.17, 15) is 8.42 Å². The summed E-state index contributed by atoms with van der Waals surface area (Å²) in [4.78, 5) is 4.80. The van der Waals surface area contributed by atoms with E-state index in [1.807, 2.05) is 20.8 Å². The molecule has 10 heteroatoms. The SMILES string of the molecule is COc1ccc(S(=O)(=O)Cc2ccc(OC)c(-c3nc4c(Cl)c(C(C)(C)C)[nH]n4n3)c2)cc1. The second kappa shape index (κ2) is 8.39. The molecule has 0 aliphatic carbocycles. The van der Waals surface area contributed by atoms with Gasteiger partial charge in [0.05, 0.1) is 36.1 Å². The van der Waals surface area contributed by atoms with Crippen molar-refractivity contribution in [1.82, 2.24) is 19.8 Å². The van der Waals surface area contributed by atoms with Crippen LogP contribution in [0.3, 0.4) is 0 Å². The molecule has 1 N–H and O–H groups in total. The lowest BCUT2D eigenvalue weighted by Gasteiger charge is -2.16. The third-order valence-electron chi connectivity index (χ3n) is 5.27. The van der Waals surface area contributed by atoms with Gasteiger partial charge in [-0.25, -0.2) is 13.4 Å². The first-order valence-electron chi connectivity index (χ1n) is 10.2. The van der Waals surface area contributed by atoms with E-state index < -0.39 is 9.84 Å². The number of H-pyrrole nitrogens is 1. The molecule has 33 heavy (non-hydrogen) atoms. The smallest absolute Gasteiger partial charge is 0.194 e. The predicted molar refractivity (Wildman–Crippen MR) is 127 cm³/mol. The van der Waals surface area contributed by atoms with Gasteiger partial charge in [0.2, 0.25) is 0 Å². The Morgan fingerprint density at radius 2 is 1.76 bits per heavy atom. The van der Waals surface area contributed by atoms with Crippen LogP contribution in [0.2, 0.25) is 5.02 Å². The number of aromatic nitrogens is 4. The molecule has 0 unspecified atom stereocenters. The molecular weight excluding hydrogens is 464 g/mol. The van der Waals surface area contributed by atoms with Crippen LogP contribution in [0.5, 0.6) is 11.5 Å². The highest BCUT2D eigenvalue weighted by Crippen LogP contribution is 2.34. The van der Waals surface area contributed by atoms with E-state index in [0.717, 1.165) is 5.69 Å². The fraction of sp³-hybridized carbons (Fsp3) is 0.304. The van der Waals surface area contributed by atoms with Crippen LogP contribution in [0, 0.1) is 0 Å². The average Bonchev–Trinajstić information content (AvgIpc) is 3.33. The number of rotatable bonds is 6. The fourth-order valence-corrected chi connectivity index (χ4v) is 5.30. The molecule has 4 aromatic rings. The lowest BCUT2D eigenvalue weighted by Crippen LogP contribution is -2.13. The topological polar surface area (TPSA) is 98.6 Å². The van der Waals surface area contributed by atoms with E-state index in [1.54, 1.807) is 37.4 Å². The first-order valence-corrected chi connectivity index (χ1v) is 12.3. The number of fused-ring (bicyclic) bond motifs is 1. The number of ether oxygens (including phenoxy) is 2. The van der Waals surface area contributed by atoms with Crippen molar-refractivity contribution in [3.05, 3.63) is 58.7 Å². The zero-order chi connectivity index (χ0) is 24.0. The maximum absolute atomic E-state index is 12.9. The molecule has 0 amide bonds. The van der Waals surface area contributed by atoms with Crippen LogP contribution < -0.4 is 9.47 Å². The number of sulfone groups is 1. The molecule has 8 nitrogen and oxygen atoms in total. The van der Waals surface area contributed by atoms with E-state index >= 15 is 0 Å². The highest BCUT2D eigenvalue weighted by atomic mass is 35.5. The predicted octanol–water partition coefficient (Wildman–Crippen LogP) is 4.67. The standard InChI is InChI=1S/C23H25ClN4O4S/c1-23(2,3)20-19(24)22-25-21(27-28(22)26-20)17-12-14(6-11-18(17)32-5)13-33(29,30)16-9-7-15(31-4)8-10-16/h6-12,26H,13H2,1-5H3. The largest absolute Gasteiger partial charge is 0.497 e. The maximum atomic E-state index is 12.9. The summed E-state index contributed by atoms with van der Waals surface area (Å²) in [5.41, 5.74) is 2.28. The Bertz CT molecular complexity index is 1420. The molecule has 0 aliphatic heterocycles. The average molecular weight is 489 g/mol. The first kappa shape index (κ1) is 23.1. The van der Waals surface area contributed by atoms with Gasteiger partial charge in [0.15, 0.2) is 21.3 Å². The fourth-order valence-electron chi connectivity index (χ4n) is 3.52. The minimum absolute atomic E-state index is 0.184. The van der Waals surface area contributed by atoms with E-state index in [4.69, 9.17) is 21.1 Å². The normalized spacial score (nSPS) is 12.3. The number of nitrogens with zero attached hydrogens (tertiary/aromatic N) is 3. The van der Waals surface area contributed by atoms with Crippen molar-refractivity contribution in [3.8, 4) is 22.9 Å². The van der Waals surface area contributed by atoms with Crippen molar-refractivity contribution in [3.63, 3.8) is 0 Å². The number of halogens is 1. The molecule has 2 aromatic heterocycles. The molecule has 0 aliphatic rings. The van der Waals surface area contributed by atoms with Crippen LogP contribution in [0.15, 0.2) is 47.4 Å². The summed E-state index contributed by atoms with van der Waals surface area (Å²) in [5.74, 6) is 1.32. The molecular formula is C23H25ClN4O4S. The number of hydrogen-bond acceptors (Lipinski definition) is 6. The first-order chi connectivity index (χ1) is 15.5. The van der Waals surface area contributed by atoms with Crippen LogP contribution in [0.1, 0.15) is 32.0 Å². The summed E-state index contributed by atoms with van der Waals surface area (Å²) in [5, 5.41) is 8.20. The Kier molecular flexibility index (Phi) is 5.88. The van der Waals surface area contributed by atoms with Gasteiger partial charge in [0.1, 0.15) is 16.5 Å². The van der Waals surface area contributed by atoms with Crippen LogP contribution in [0.25, 0.3) is 17.0 Å². The Morgan fingerprint density at radius 1 is 1.06 bits per heavy atom. The monoisotopic (exact) mass is 488 g/mol. The van der Waals surface area contributed by atoms with Gasteiger partial charge in [-0.15, -0.1) is 5.10 Å². The Morgan fingerprint density at radius 3 is 2.33 bits per heavy atom. The molecule has 0 spiro atoms. The Hall–Kier alpha value is -3.04. The van der Waals surface area contributed by atoms with Gasteiger partial charge < -0.3 is 9.47 Å². The lowest BCUT2D eigenvalue weighted by molar-refractivity contribution is 0.414. The molecule has 174 valence electrons. The molecule has 0 bridgehead atoms. The van der Waals surface area contributed by atoms with Crippen LogP contribution in [0.4, 0.5) is 0 Å². The summed E-state index contributed by atoms with van der Waals surface area (Å²) >= 11 is 6.55. The lowest BCUT2D eigenvalue weighted by atomic mass is 9.92.